The Morgan fingerprint density at radius 2 is 1.67 bits per heavy atom. The first-order valence-corrected chi connectivity index (χ1v) is 6.22. The smallest absolute Gasteiger partial charge is 0.423 e. The summed E-state index contributed by atoms with van der Waals surface area (Å²) in [5.41, 5.74) is 3.29. The van der Waals surface area contributed by atoms with Crippen molar-refractivity contribution in [2.24, 2.45) is 0 Å². The molecule has 0 aliphatic carbocycles. The first kappa shape index (κ1) is 13.2. The van der Waals surface area contributed by atoms with E-state index in [0.29, 0.717) is 5.46 Å². The molecule has 2 N–H and O–H groups in total. The Labute approximate surface area is 112 Å². The summed E-state index contributed by atoms with van der Waals surface area (Å²) in [6.07, 6.45) is 0. The number of benzene rings is 2. The molecule has 2 nitrogen and oxygen atoms in total. The summed E-state index contributed by atoms with van der Waals surface area (Å²) in [6, 6.07) is 15.4. The zero-order valence-electron chi connectivity index (χ0n) is 10.0. The Morgan fingerprint density at radius 1 is 1.00 bits per heavy atom. The molecule has 92 valence electrons. The van der Waals surface area contributed by atoms with Crippen molar-refractivity contribution in [2.45, 2.75) is 12.3 Å². The van der Waals surface area contributed by atoms with Crippen molar-refractivity contribution in [1.82, 2.24) is 0 Å². The normalized spacial score (nSPS) is 12.2. The Balaban J connectivity index is 2.50. The van der Waals surface area contributed by atoms with E-state index < -0.39 is 7.12 Å². The third-order valence-corrected chi connectivity index (χ3v) is 3.14. The van der Waals surface area contributed by atoms with E-state index in [0.717, 1.165) is 16.7 Å². The molecule has 0 bridgehead atoms. The largest absolute Gasteiger partial charge is 0.488 e. The summed E-state index contributed by atoms with van der Waals surface area (Å²) in [5, 5.41) is 18.4. The molecule has 0 saturated carbocycles. The minimum atomic E-state index is -1.49. The van der Waals surface area contributed by atoms with Crippen LogP contribution in [0.2, 0.25) is 0 Å². The van der Waals surface area contributed by atoms with Crippen LogP contribution < -0.4 is 5.46 Å². The lowest BCUT2D eigenvalue weighted by molar-refractivity contribution is 0.425. The Morgan fingerprint density at radius 3 is 2.22 bits per heavy atom. The van der Waals surface area contributed by atoms with Gasteiger partial charge in [-0.15, -0.1) is 11.6 Å². The topological polar surface area (TPSA) is 40.5 Å². The SMILES string of the molecule is CC(Cl)c1cc(-c2ccccc2)ccc1B(O)O. The zero-order chi connectivity index (χ0) is 13.1. The van der Waals surface area contributed by atoms with Gasteiger partial charge in [-0.05, 0) is 29.1 Å². The summed E-state index contributed by atoms with van der Waals surface area (Å²) < 4.78 is 0. The van der Waals surface area contributed by atoms with Gasteiger partial charge in [-0.25, -0.2) is 0 Å². The van der Waals surface area contributed by atoms with E-state index in [1.54, 1.807) is 6.07 Å². The van der Waals surface area contributed by atoms with Crippen molar-refractivity contribution >= 4 is 24.2 Å². The van der Waals surface area contributed by atoms with E-state index in [2.05, 4.69) is 0 Å². The molecule has 1 unspecified atom stereocenters. The van der Waals surface area contributed by atoms with Crippen LogP contribution in [0.4, 0.5) is 0 Å². The second-order valence-electron chi connectivity index (χ2n) is 4.20. The Bertz CT molecular complexity index is 527. The molecule has 2 aromatic rings. The lowest BCUT2D eigenvalue weighted by Gasteiger charge is -2.13. The van der Waals surface area contributed by atoms with E-state index >= 15 is 0 Å². The maximum atomic E-state index is 9.31. The summed E-state index contributed by atoms with van der Waals surface area (Å²) >= 11 is 6.09. The lowest BCUT2D eigenvalue weighted by Crippen LogP contribution is -2.33. The van der Waals surface area contributed by atoms with Gasteiger partial charge in [0.15, 0.2) is 0 Å². The number of alkyl halides is 1. The zero-order valence-corrected chi connectivity index (χ0v) is 10.8. The van der Waals surface area contributed by atoms with E-state index in [9.17, 15) is 10.0 Å². The van der Waals surface area contributed by atoms with Gasteiger partial charge in [-0.1, -0.05) is 48.5 Å². The van der Waals surface area contributed by atoms with Gasteiger partial charge in [0.1, 0.15) is 0 Å². The van der Waals surface area contributed by atoms with Gasteiger partial charge < -0.3 is 10.0 Å². The van der Waals surface area contributed by atoms with Crippen LogP contribution in [0.15, 0.2) is 48.5 Å². The second kappa shape index (κ2) is 5.57. The molecule has 0 aromatic heterocycles. The summed E-state index contributed by atoms with van der Waals surface area (Å²) in [4.78, 5) is 0. The van der Waals surface area contributed by atoms with Crippen molar-refractivity contribution < 1.29 is 10.0 Å². The minimum Gasteiger partial charge on any atom is -0.423 e. The fraction of sp³-hybridized carbons (Fsp3) is 0.143. The average Bonchev–Trinajstić information content (AvgIpc) is 2.39. The van der Waals surface area contributed by atoms with Crippen molar-refractivity contribution in [3.05, 3.63) is 54.1 Å². The van der Waals surface area contributed by atoms with Crippen LogP contribution >= 0.6 is 11.6 Å². The van der Waals surface area contributed by atoms with Crippen LogP contribution in [-0.4, -0.2) is 17.2 Å². The summed E-state index contributed by atoms with van der Waals surface area (Å²) in [6.45, 7) is 1.82. The van der Waals surface area contributed by atoms with Gasteiger partial charge in [0, 0.05) is 0 Å². The molecule has 0 fully saturated rings. The highest BCUT2D eigenvalue weighted by molar-refractivity contribution is 6.59. The van der Waals surface area contributed by atoms with Crippen LogP contribution in [0.1, 0.15) is 17.9 Å². The van der Waals surface area contributed by atoms with Gasteiger partial charge in [-0.3, -0.25) is 0 Å². The predicted octanol–water partition coefficient (Wildman–Crippen LogP) is 2.33. The highest BCUT2D eigenvalue weighted by atomic mass is 35.5. The van der Waals surface area contributed by atoms with Crippen molar-refractivity contribution in [2.75, 3.05) is 0 Å². The average molecular weight is 261 g/mol. The van der Waals surface area contributed by atoms with Crippen LogP contribution in [0.3, 0.4) is 0 Å². The molecule has 0 aliphatic rings. The van der Waals surface area contributed by atoms with Crippen molar-refractivity contribution in [3.8, 4) is 11.1 Å². The van der Waals surface area contributed by atoms with Gasteiger partial charge >= 0.3 is 7.12 Å². The van der Waals surface area contributed by atoms with Crippen LogP contribution in [0.5, 0.6) is 0 Å². The fourth-order valence-electron chi connectivity index (χ4n) is 1.96. The minimum absolute atomic E-state index is 0.273. The first-order valence-electron chi connectivity index (χ1n) is 5.79. The molecular formula is C14H14BClO2. The van der Waals surface area contributed by atoms with Gasteiger partial charge in [0.2, 0.25) is 0 Å². The lowest BCUT2D eigenvalue weighted by atomic mass is 9.75. The van der Waals surface area contributed by atoms with Crippen LogP contribution in [0, 0.1) is 0 Å². The van der Waals surface area contributed by atoms with Crippen LogP contribution in [0.25, 0.3) is 11.1 Å². The molecular weight excluding hydrogens is 246 g/mol. The molecule has 4 heteroatoms. The molecule has 2 aromatic carbocycles. The van der Waals surface area contributed by atoms with Crippen molar-refractivity contribution in [3.63, 3.8) is 0 Å². The molecule has 0 aliphatic heterocycles. The molecule has 0 spiro atoms. The standard InChI is InChI=1S/C14H14BClO2/c1-10(16)13-9-12(7-8-14(13)15(17)18)11-5-3-2-4-6-11/h2-10,17-18H,1H3. The first-order chi connectivity index (χ1) is 8.59. The third-order valence-electron chi connectivity index (χ3n) is 2.90. The third kappa shape index (κ3) is 2.75. The fourth-order valence-corrected chi connectivity index (χ4v) is 2.15. The molecule has 2 rings (SSSR count). The predicted molar refractivity (Wildman–Crippen MR) is 76.0 cm³/mol. The van der Waals surface area contributed by atoms with Gasteiger partial charge in [0.25, 0.3) is 0 Å². The molecule has 0 saturated heterocycles. The Kier molecular flexibility index (Phi) is 4.07. The van der Waals surface area contributed by atoms with Gasteiger partial charge in [-0.2, -0.15) is 0 Å². The highest BCUT2D eigenvalue weighted by Crippen LogP contribution is 2.24. The Hall–Kier alpha value is -1.29. The maximum absolute atomic E-state index is 9.31. The number of rotatable bonds is 3. The van der Waals surface area contributed by atoms with E-state index in [-0.39, 0.29) is 5.38 Å². The number of halogens is 1. The molecule has 0 radical (unpaired) electrons. The highest BCUT2D eigenvalue weighted by Gasteiger charge is 2.19. The van der Waals surface area contributed by atoms with E-state index in [1.807, 2.05) is 49.4 Å². The van der Waals surface area contributed by atoms with E-state index in [4.69, 9.17) is 11.6 Å². The number of hydrogen-bond donors (Lipinski definition) is 2. The van der Waals surface area contributed by atoms with Crippen molar-refractivity contribution in [1.29, 1.82) is 0 Å². The van der Waals surface area contributed by atoms with Crippen LogP contribution in [-0.2, 0) is 0 Å². The molecule has 18 heavy (non-hydrogen) atoms. The van der Waals surface area contributed by atoms with Gasteiger partial charge in [0.05, 0.1) is 5.38 Å². The maximum Gasteiger partial charge on any atom is 0.488 e. The molecule has 0 heterocycles. The quantitative estimate of drug-likeness (QED) is 0.657. The summed E-state index contributed by atoms with van der Waals surface area (Å²) in [5.74, 6) is 0. The summed E-state index contributed by atoms with van der Waals surface area (Å²) in [7, 11) is -1.49. The van der Waals surface area contributed by atoms with E-state index in [1.165, 1.54) is 0 Å². The monoisotopic (exact) mass is 260 g/mol. The molecule has 0 amide bonds. The second-order valence-corrected chi connectivity index (χ2v) is 4.85. The number of hydrogen-bond acceptors (Lipinski definition) is 2. The molecule has 1 atom stereocenters.